The van der Waals surface area contributed by atoms with E-state index in [1.54, 1.807) is 7.11 Å². The third-order valence-corrected chi connectivity index (χ3v) is 3.67. The predicted molar refractivity (Wildman–Crippen MR) is 82.6 cm³/mol. The molecule has 0 spiro atoms. The third-order valence-electron chi connectivity index (χ3n) is 3.32. The van der Waals surface area contributed by atoms with Crippen molar-refractivity contribution in [2.75, 3.05) is 33.4 Å². The molecule has 1 aliphatic rings. The number of hydrogen-bond donors (Lipinski definition) is 1. The highest BCUT2D eigenvalue weighted by Crippen LogP contribution is 2.25. The maximum atomic E-state index is 12.0. The number of nitrogens with one attached hydrogen (secondary N) is 1. The van der Waals surface area contributed by atoms with Gasteiger partial charge in [-0.1, -0.05) is 23.7 Å². The van der Waals surface area contributed by atoms with Crippen molar-refractivity contribution in [3.63, 3.8) is 0 Å². The maximum absolute atomic E-state index is 12.0. The van der Waals surface area contributed by atoms with Crippen molar-refractivity contribution in [2.45, 2.75) is 13.0 Å². The Morgan fingerprint density at radius 1 is 1.50 bits per heavy atom. The van der Waals surface area contributed by atoms with Gasteiger partial charge in [-0.15, -0.1) is 12.4 Å². The highest BCUT2D eigenvalue weighted by Gasteiger charge is 2.21. The molecular formula is C14H20Cl2N2O2. The molecule has 0 bridgehead atoms. The SMILES string of the molecule is COCCNCC(=O)N1CCc2c(Cl)cccc2C1.Cl. The first-order chi connectivity index (χ1) is 9.22. The van der Waals surface area contributed by atoms with Crippen LogP contribution < -0.4 is 5.32 Å². The van der Waals surface area contributed by atoms with Gasteiger partial charge in [-0.05, 0) is 23.6 Å². The summed E-state index contributed by atoms with van der Waals surface area (Å²) in [7, 11) is 1.65. The molecule has 0 atom stereocenters. The summed E-state index contributed by atoms with van der Waals surface area (Å²) in [5.74, 6) is 0.127. The van der Waals surface area contributed by atoms with Gasteiger partial charge < -0.3 is 15.0 Å². The molecule has 0 aromatic heterocycles. The molecule has 0 aliphatic carbocycles. The van der Waals surface area contributed by atoms with Crippen LogP contribution in [-0.2, 0) is 22.5 Å². The van der Waals surface area contributed by atoms with Gasteiger partial charge in [-0.2, -0.15) is 0 Å². The van der Waals surface area contributed by atoms with E-state index in [1.165, 1.54) is 5.56 Å². The van der Waals surface area contributed by atoms with Crippen molar-refractivity contribution < 1.29 is 9.53 Å². The largest absolute Gasteiger partial charge is 0.383 e. The van der Waals surface area contributed by atoms with Gasteiger partial charge in [0, 0.05) is 31.8 Å². The van der Waals surface area contributed by atoms with Crippen LogP contribution in [-0.4, -0.2) is 44.2 Å². The van der Waals surface area contributed by atoms with Crippen molar-refractivity contribution in [3.8, 4) is 0 Å². The molecule has 0 saturated carbocycles. The average Bonchev–Trinajstić information content (AvgIpc) is 2.43. The van der Waals surface area contributed by atoms with Gasteiger partial charge in [0.1, 0.15) is 0 Å². The Bertz CT molecular complexity index is 455. The Morgan fingerprint density at radius 3 is 3.05 bits per heavy atom. The van der Waals surface area contributed by atoms with Crippen LogP contribution in [0, 0.1) is 0 Å². The van der Waals surface area contributed by atoms with E-state index in [0.717, 1.165) is 23.6 Å². The number of ether oxygens (including phenoxy) is 1. The number of carbonyl (C=O) groups is 1. The van der Waals surface area contributed by atoms with E-state index in [2.05, 4.69) is 5.32 Å². The first-order valence-electron chi connectivity index (χ1n) is 6.46. The summed E-state index contributed by atoms with van der Waals surface area (Å²) in [6, 6.07) is 5.88. The fraction of sp³-hybridized carbons (Fsp3) is 0.500. The van der Waals surface area contributed by atoms with Crippen molar-refractivity contribution in [3.05, 3.63) is 34.3 Å². The number of benzene rings is 1. The molecule has 1 aliphatic heterocycles. The van der Waals surface area contributed by atoms with Crippen molar-refractivity contribution in [1.29, 1.82) is 0 Å². The predicted octanol–water partition coefficient (Wildman–Crippen LogP) is 1.88. The average molecular weight is 319 g/mol. The summed E-state index contributed by atoms with van der Waals surface area (Å²) >= 11 is 6.16. The number of amides is 1. The van der Waals surface area contributed by atoms with Gasteiger partial charge in [-0.25, -0.2) is 0 Å². The quantitative estimate of drug-likeness (QED) is 0.843. The minimum atomic E-state index is 0. The lowest BCUT2D eigenvalue weighted by Crippen LogP contribution is -2.41. The smallest absolute Gasteiger partial charge is 0.236 e. The van der Waals surface area contributed by atoms with E-state index in [0.29, 0.717) is 26.2 Å². The number of methoxy groups -OCH3 is 1. The van der Waals surface area contributed by atoms with Crippen LogP contribution in [0.5, 0.6) is 0 Å². The molecule has 0 saturated heterocycles. The lowest BCUT2D eigenvalue weighted by atomic mass is 10.00. The zero-order valence-corrected chi connectivity index (χ0v) is 13.1. The molecule has 112 valence electrons. The van der Waals surface area contributed by atoms with Crippen molar-refractivity contribution >= 4 is 29.9 Å². The molecule has 6 heteroatoms. The zero-order chi connectivity index (χ0) is 13.7. The summed E-state index contributed by atoms with van der Waals surface area (Å²) < 4.78 is 4.93. The molecule has 1 aromatic rings. The topological polar surface area (TPSA) is 41.6 Å². The standard InChI is InChI=1S/C14H19ClN2O2.ClH/c1-19-8-6-16-9-14(18)17-7-5-12-11(10-17)3-2-4-13(12)15;/h2-4,16H,5-10H2,1H3;1H. The minimum Gasteiger partial charge on any atom is -0.383 e. The minimum absolute atomic E-state index is 0. The van der Waals surface area contributed by atoms with Crippen molar-refractivity contribution in [2.24, 2.45) is 0 Å². The number of hydrogen-bond acceptors (Lipinski definition) is 3. The highest BCUT2D eigenvalue weighted by atomic mass is 35.5. The number of nitrogens with zero attached hydrogens (tertiary/aromatic N) is 1. The highest BCUT2D eigenvalue weighted by molar-refractivity contribution is 6.31. The fourth-order valence-electron chi connectivity index (χ4n) is 2.26. The molecule has 1 heterocycles. The molecule has 20 heavy (non-hydrogen) atoms. The van der Waals surface area contributed by atoms with Crippen LogP contribution in [0.1, 0.15) is 11.1 Å². The Labute approximate surface area is 130 Å². The normalized spacial score (nSPS) is 13.6. The van der Waals surface area contributed by atoms with Crippen LogP contribution in [0.4, 0.5) is 0 Å². The molecular weight excluding hydrogens is 299 g/mol. The zero-order valence-electron chi connectivity index (χ0n) is 11.5. The maximum Gasteiger partial charge on any atom is 0.236 e. The molecule has 0 fully saturated rings. The molecule has 1 aromatic carbocycles. The van der Waals surface area contributed by atoms with Crippen LogP contribution in [0.2, 0.25) is 5.02 Å². The first-order valence-corrected chi connectivity index (χ1v) is 6.84. The van der Waals surface area contributed by atoms with Gasteiger partial charge in [0.2, 0.25) is 5.91 Å². The molecule has 0 unspecified atom stereocenters. The summed E-state index contributed by atoms with van der Waals surface area (Å²) in [5, 5.41) is 3.88. The van der Waals surface area contributed by atoms with E-state index >= 15 is 0 Å². The van der Waals surface area contributed by atoms with Gasteiger partial charge in [0.25, 0.3) is 0 Å². The van der Waals surface area contributed by atoms with Crippen LogP contribution >= 0.6 is 24.0 Å². The third kappa shape index (κ3) is 4.35. The summed E-state index contributed by atoms with van der Waals surface area (Å²) in [4.78, 5) is 13.9. The second-order valence-electron chi connectivity index (χ2n) is 4.61. The number of fused-ring (bicyclic) bond motifs is 1. The van der Waals surface area contributed by atoms with Gasteiger partial charge in [0.15, 0.2) is 0 Å². The summed E-state index contributed by atoms with van der Waals surface area (Å²) in [5.41, 5.74) is 2.34. The van der Waals surface area contributed by atoms with E-state index in [1.807, 2.05) is 23.1 Å². The lowest BCUT2D eigenvalue weighted by molar-refractivity contribution is -0.131. The van der Waals surface area contributed by atoms with Crippen LogP contribution in [0.25, 0.3) is 0 Å². The Kier molecular flexibility index (Phi) is 7.30. The van der Waals surface area contributed by atoms with Gasteiger partial charge >= 0.3 is 0 Å². The molecule has 4 nitrogen and oxygen atoms in total. The Hall–Kier alpha value is -0.810. The number of halogens is 2. The van der Waals surface area contributed by atoms with E-state index in [9.17, 15) is 4.79 Å². The van der Waals surface area contributed by atoms with E-state index in [4.69, 9.17) is 16.3 Å². The lowest BCUT2D eigenvalue weighted by Gasteiger charge is -2.29. The van der Waals surface area contributed by atoms with Gasteiger partial charge in [-0.3, -0.25) is 4.79 Å². The first kappa shape index (κ1) is 17.2. The number of rotatable bonds is 5. The summed E-state index contributed by atoms with van der Waals surface area (Å²) in [6.45, 7) is 3.06. The van der Waals surface area contributed by atoms with Crippen LogP contribution in [0.15, 0.2) is 18.2 Å². The summed E-state index contributed by atoms with van der Waals surface area (Å²) in [6.07, 6.45) is 0.832. The van der Waals surface area contributed by atoms with E-state index in [-0.39, 0.29) is 18.3 Å². The molecule has 1 amide bonds. The Balaban J connectivity index is 0.00000200. The van der Waals surface area contributed by atoms with Crippen LogP contribution in [0.3, 0.4) is 0 Å². The second-order valence-corrected chi connectivity index (χ2v) is 5.02. The molecule has 2 rings (SSSR count). The molecule has 0 radical (unpaired) electrons. The van der Waals surface area contributed by atoms with Gasteiger partial charge in [0.05, 0.1) is 13.2 Å². The monoisotopic (exact) mass is 318 g/mol. The van der Waals surface area contributed by atoms with E-state index < -0.39 is 0 Å². The Morgan fingerprint density at radius 2 is 2.30 bits per heavy atom. The number of carbonyl (C=O) groups excluding carboxylic acids is 1. The fourth-order valence-corrected chi connectivity index (χ4v) is 2.55. The van der Waals surface area contributed by atoms with Crippen molar-refractivity contribution in [1.82, 2.24) is 10.2 Å². The second kappa shape index (κ2) is 8.47. The molecule has 1 N–H and O–H groups in total.